The molecule has 2 aliphatic rings. The van der Waals surface area contributed by atoms with Gasteiger partial charge < -0.3 is 18.9 Å². The lowest BCUT2D eigenvalue weighted by atomic mass is 10.2. The molecule has 4 atom stereocenters. The summed E-state index contributed by atoms with van der Waals surface area (Å²) >= 11 is 1.16. The summed E-state index contributed by atoms with van der Waals surface area (Å²) in [5, 5.41) is 10.6. The molecule has 2 aliphatic heterocycles. The van der Waals surface area contributed by atoms with Crippen molar-refractivity contribution in [3.63, 3.8) is 0 Å². The molecule has 6 heteroatoms. The quantitative estimate of drug-likeness (QED) is 0.694. The van der Waals surface area contributed by atoms with Crippen molar-refractivity contribution >= 4 is 11.8 Å². The molecule has 0 radical (unpaired) electrons. The van der Waals surface area contributed by atoms with Crippen molar-refractivity contribution in [1.29, 1.82) is 5.26 Å². The van der Waals surface area contributed by atoms with Gasteiger partial charge in [0.05, 0.1) is 6.10 Å². The molecule has 0 saturated carbocycles. The average molecular weight is 245 g/mol. The van der Waals surface area contributed by atoms with Gasteiger partial charge in [-0.2, -0.15) is 5.26 Å². The van der Waals surface area contributed by atoms with E-state index in [1.165, 1.54) is 0 Å². The monoisotopic (exact) mass is 245 g/mol. The molecule has 5 nitrogen and oxygen atoms in total. The molecule has 2 saturated heterocycles. The number of thioether (sulfide) groups is 1. The van der Waals surface area contributed by atoms with Gasteiger partial charge in [0.25, 0.3) is 0 Å². The van der Waals surface area contributed by atoms with Crippen molar-refractivity contribution in [2.45, 2.75) is 44.2 Å². The molecule has 2 fully saturated rings. The van der Waals surface area contributed by atoms with Gasteiger partial charge in [-0.3, -0.25) is 0 Å². The molecule has 2 rings (SSSR count). The number of methoxy groups -OCH3 is 1. The molecule has 2 heterocycles. The zero-order valence-electron chi connectivity index (χ0n) is 9.50. The van der Waals surface area contributed by atoms with Crippen molar-refractivity contribution in [2.24, 2.45) is 0 Å². The Labute approximate surface area is 99.0 Å². The summed E-state index contributed by atoms with van der Waals surface area (Å²) in [5.41, 5.74) is 0. The number of thiocyanates is 1. The number of rotatable bonds is 3. The Bertz CT molecular complexity index is 304. The van der Waals surface area contributed by atoms with Crippen LogP contribution >= 0.6 is 11.8 Å². The summed E-state index contributed by atoms with van der Waals surface area (Å²) in [5.74, 6) is -0.0393. The molecule has 0 amide bonds. The van der Waals surface area contributed by atoms with Crippen molar-refractivity contribution in [3.8, 4) is 5.40 Å². The molecule has 0 bridgehead atoms. The molecule has 0 aromatic rings. The SMILES string of the molecule is CO[C@H]1O[C@@H](CSC#N)[C@H]2OC(C)(C)O[C@@H]12. The van der Waals surface area contributed by atoms with Crippen molar-refractivity contribution < 1.29 is 18.9 Å². The highest BCUT2D eigenvalue weighted by Crippen LogP contribution is 2.39. The Morgan fingerprint density at radius 3 is 2.69 bits per heavy atom. The number of nitriles is 1. The van der Waals surface area contributed by atoms with Crippen LogP contribution in [-0.2, 0) is 18.9 Å². The Morgan fingerprint density at radius 2 is 2.06 bits per heavy atom. The molecule has 0 aromatic carbocycles. The largest absolute Gasteiger partial charge is 0.353 e. The highest BCUT2D eigenvalue weighted by molar-refractivity contribution is 8.03. The number of hydrogen-bond donors (Lipinski definition) is 0. The summed E-state index contributed by atoms with van der Waals surface area (Å²) < 4.78 is 22.3. The van der Waals surface area contributed by atoms with E-state index in [0.717, 1.165) is 11.8 Å². The Hall–Kier alpha value is -0.320. The first kappa shape index (κ1) is 12.1. The Kier molecular flexibility index (Phi) is 3.42. The minimum Gasteiger partial charge on any atom is -0.353 e. The third kappa shape index (κ3) is 2.19. The highest BCUT2D eigenvalue weighted by Gasteiger charge is 2.55. The third-order valence-electron chi connectivity index (χ3n) is 2.65. The van der Waals surface area contributed by atoms with Gasteiger partial charge in [-0.1, -0.05) is 0 Å². The van der Waals surface area contributed by atoms with Gasteiger partial charge in [-0.25, -0.2) is 0 Å². The summed E-state index contributed by atoms with van der Waals surface area (Å²) in [6.07, 6.45) is -0.914. The lowest BCUT2D eigenvalue weighted by Crippen LogP contribution is -2.31. The van der Waals surface area contributed by atoms with Crippen LogP contribution in [0.5, 0.6) is 0 Å². The van der Waals surface area contributed by atoms with Gasteiger partial charge in [-0.05, 0) is 25.6 Å². The van der Waals surface area contributed by atoms with E-state index in [9.17, 15) is 0 Å². The first-order valence-electron chi connectivity index (χ1n) is 5.12. The van der Waals surface area contributed by atoms with Crippen molar-refractivity contribution in [1.82, 2.24) is 0 Å². The maximum atomic E-state index is 8.55. The van der Waals surface area contributed by atoms with E-state index in [0.29, 0.717) is 5.75 Å². The molecule has 0 unspecified atom stereocenters. The van der Waals surface area contributed by atoms with E-state index < -0.39 is 12.1 Å². The zero-order valence-corrected chi connectivity index (χ0v) is 10.3. The third-order valence-corrected chi connectivity index (χ3v) is 3.28. The van der Waals surface area contributed by atoms with Crippen LogP contribution in [0.1, 0.15) is 13.8 Å². The summed E-state index contributed by atoms with van der Waals surface area (Å²) in [6, 6.07) is 0. The van der Waals surface area contributed by atoms with E-state index >= 15 is 0 Å². The standard InChI is InChI=1S/C10H15NO4S/c1-10(2)14-7-6(4-16-5-11)13-9(12-3)8(7)15-10/h6-9H,4H2,1-3H3/t6-,7+,8+,9-/m0/s1. The Balaban J connectivity index is 2.05. The van der Waals surface area contributed by atoms with Gasteiger partial charge >= 0.3 is 0 Å². The van der Waals surface area contributed by atoms with Crippen LogP contribution in [-0.4, -0.2) is 43.3 Å². The topological polar surface area (TPSA) is 60.7 Å². The molecule has 0 spiro atoms. The van der Waals surface area contributed by atoms with Gasteiger partial charge in [0.1, 0.15) is 17.6 Å². The summed E-state index contributed by atoms with van der Waals surface area (Å²) in [4.78, 5) is 0. The minimum atomic E-state index is -0.606. The second kappa shape index (κ2) is 4.51. The van der Waals surface area contributed by atoms with Crippen LogP contribution in [0.3, 0.4) is 0 Å². The van der Waals surface area contributed by atoms with Crippen LogP contribution < -0.4 is 0 Å². The van der Waals surface area contributed by atoms with E-state index in [1.54, 1.807) is 7.11 Å². The molecular formula is C10H15NO4S. The maximum Gasteiger partial charge on any atom is 0.186 e. The van der Waals surface area contributed by atoms with Crippen molar-refractivity contribution in [3.05, 3.63) is 0 Å². The van der Waals surface area contributed by atoms with Gasteiger partial charge in [0, 0.05) is 12.9 Å². The summed E-state index contributed by atoms with van der Waals surface area (Å²) in [6.45, 7) is 3.74. The second-order valence-electron chi connectivity index (χ2n) is 4.25. The lowest BCUT2D eigenvalue weighted by Gasteiger charge is -2.23. The van der Waals surface area contributed by atoms with Crippen LogP contribution in [0, 0.1) is 10.7 Å². The molecule has 0 aliphatic carbocycles. The van der Waals surface area contributed by atoms with Crippen molar-refractivity contribution in [2.75, 3.05) is 12.9 Å². The number of nitrogens with zero attached hydrogens (tertiary/aromatic N) is 1. The van der Waals surface area contributed by atoms with Crippen LogP contribution in [0.2, 0.25) is 0 Å². The van der Waals surface area contributed by atoms with Crippen LogP contribution in [0.4, 0.5) is 0 Å². The van der Waals surface area contributed by atoms with E-state index in [1.807, 2.05) is 19.2 Å². The van der Waals surface area contributed by atoms with Crippen LogP contribution in [0.15, 0.2) is 0 Å². The highest BCUT2D eigenvalue weighted by atomic mass is 32.2. The number of ether oxygens (including phenoxy) is 4. The van der Waals surface area contributed by atoms with E-state index in [2.05, 4.69) is 0 Å². The molecule has 90 valence electrons. The van der Waals surface area contributed by atoms with Gasteiger partial charge in [0.2, 0.25) is 0 Å². The Morgan fingerprint density at radius 1 is 1.38 bits per heavy atom. The normalized spacial score (nSPS) is 40.6. The molecule has 0 aromatic heterocycles. The number of fused-ring (bicyclic) bond motifs is 1. The van der Waals surface area contributed by atoms with Gasteiger partial charge in [-0.15, -0.1) is 0 Å². The lowest BCUT2D eigenvalue weighted by molar-refractivity contribution is -0.224. The number of hydrogen-bond acceptors (Lipinski definition) is 6. The predicted molar refractivity (Wildman–Crippen MR) is 57.6 cm³/mol. The van der Waals surface area contributed by atoms with Crippen LogP contribution in [0.25, 0.3) is 0 Å². The zero-order chi connectivity index (χ0) is 11.8. The fraction of sp³-hybridized carbons (Fsp3) is 0.900. The fourth-order valence-electron chi connectivity index (χ4n) is 2.09. The molecular weight excluding hydrogens is 230 g/mol. The second-order valence-corrected chi connectivity index (χ2v) is 5.05. The van der Waals surface area contributed by atoms with E-state index in [-0.39, 0.29) is 18.3 Å². The first-order chi connectivity index (χ1) is 7.57. The predicted octanol–water partition coefficient (Wildman–Crippen LogP) is 1.09. The molecule has 16 heavy (non-hydrogen) atoms. The summed E-state index contributed by atoms with van der Waals surface area (Å²) in [7, 11) is 1.58. The minimum absolute atomic E-state index is 0.152. The van der Waals surface area contributed by atoms with E-state index in [4.69, 9.17) is 24.2 Å². The first-order valence-corrected chi connectivity index (χ1v) is 6.11. The fourth-order valence-corrected chi connectivity index (χ4v) is 2.59. The van der Waals surface area contributed by atoms with Gasteiger partial charge in [0.15, 0.2) is 12.1 Å². The maximum absolute atomic E-state index is 8.55. The average Bonchev–Trinajstić information content (AvgIpc) is 2.69. The smallest absolute Gasteiger partial charge is 0.186 e. The molecule has 0 N–H and O–H groups in total.